The highest BCUT2D eigenvalue weighted by Crippen LogP contribution is 2.28. The van der Waals surface area contributed by atoms with E-state index in [1.54, 1.807) is 0 Å². The van der Waals surface area contributed by atoms with Crippen LogP contribution in [-0.2, 0) is 4.74 Å². The lowest BCUT2D eigenvalue weighted by Crippen LogP contribution is -2.31. The third-order valence-corrected chi connectivity index (χ3v) is 4.39. The van der Waals surface area contributed by atoms with E-state index < -0.39 is 0 Å². The lowest BCUT2D eigenvalue weighted by Gasteiger charge is -2.16. The Balaban J connectivity index is 1.42. The van der Waals surface area contributed by atoms with Crippen molar-refractivity contribution in [3.8, 4) is 0 Å². The van der Waals surface area contributed by atoms with E-state index in [9.17, 15) is 5.11 Å². The molecule has 3 nitrogen and oxygen atoms in total. The Kier molecular flexibility index (Phi) is 6.46. The Labute approximate surface area is 111 Å². The molecule has 2 fully saturated rings. The van der Waals surface area contributed by atoms with Gasteiger partial charge in [0.05, 0.1) is 18.8 Å². The van der Waals surface area contributed by atoms with E-state index in [4.69, 9.17) is 4.74 Å². The van der Waals surface area contributed by atoms with Crippen LogP contribution in [0, 0.1) is 5.92 Å². The Bertz CT molecular complexity index is 211. The topological polar surface area (TPSA) is 41.5 Å². The van der Waals surface area contributed by atoms with Gasteiger partial charge in [-0.2, -0.15) is 0 Å². The summed E-state index contributed by atoms with van der Waals surface area (Å²) in [5.41, 5.74) is 0. The van der Waals surface area contributed by atoms with Crippen LogP contribution in [-0.4, -0.2) is 37.0 Å². The lowest BCUT2D eigenvalue weighted by atomic mass is 10.0. The van der Waals surface area contributed by atoms with Gasteiger partial charge in [-0.25, -0.2) is 0 Å². The van der Waals surface area contributed by atoms with Crippen LogP contribution in [0.25, 0.3) is 0 Å². The molecule has 0 heterocycles. The quantitative estimate of drug-likeness (QED) is 0.655. The van der Waals surface area contributed by atoms with Crippen LogP contribution in [0.4, 0.5) is 0 Å². The second-order valence-corrected chi connectivity index (χ2v) is 6.02. The van der Waals surface area contributed by atoms with E-state index in [1.165, 1.54) is 51.4 Å². The minimum absolute atomic E-state index is 0.167. The van der Waals surface area contributed by atoms with Gasteiger partial charge in [-0.05, 0) is 25.2 Å². The summed E-state index contributed by atoms with van der Waals surface area (Å²) < 4.78 is 5.77. The zero-order valence-corrected chi connectivity index (χ0v) is 11.6. The molecular formula is C15H29NO2. The van der Waals surface area contributed by atoms with Crippen molar-refractivity contribution in [3.05, 3.63) is 0 Å². The van der Waals surface area contributed by atoms with Crippen LogP contribution < -0.4 is 5.32 Å². The molecule has 2 aliphatic rings. The minimum Gasteiger partial charge on any atom is -0.392 e. The fraction of sp³-hybridized carbons (Fsp3) is 1.00. The van der Waals surface area contributed by atoms with Crippen molar-refractivity contribution in [1.29, 1.82) is 0 Å². The first-order valence-electron chi connectivity index (χ1n) is 7.85. The SMILES string of the molecule is OC(CNCCOC1CCCC1)CC1CCCC1. The van der Waals surface area contributed by atoms with Crippen molar-refractivity contribution in [2.45, 2.75) is 70.0 Å². The van der Waals surface area contributed by atoms with E-state index in [-0.39, 0.29) is 6.10 Å². The van der Waals surface area contributed by atoms with Crippen molar-refractivity contribution >= 4 is 0 Å². The normalized spacial score (nSPS) is 23.8. The van der Waals surface area contributed by atoms with Crippen LogP contribution in [0.3, 0.4) is 0 Å². The monoisotopic (exact) mass is 255 g/mol. The summed E-state index contributed by atoms with van der Waals surface area (Å²) in [7, 11) is 0. The highest BCUT2D eigenvalue weighted by molar-refractivity contribution is 4.72. The fourth-order valence-electron chi connectivity index (χ4n) is 3.34. The van der Waals surface area contributed by atoms with Crippen LogP contribution in [0.5, 0.6) is 0 Å². The van der Waals surface area contributed by atoms with Gasteiger partial charge >= 0.3 is 0 Å². The summed E-state index contributed by atoms with van der Waals surface area (Å²) in [6.07, 6.45) is 11.8. The van der Waals surface area contributed by atoms with E-state index in [1.807, 2.05) is 0 Å². The summed E-state index contributed by atoms with van der Waals surface area (Å²) in [5, 5.41) is 13.2. The van der Waals surface area contributed by atoms with Crippen molar-refractivity contribution in [3.63, 3.8) is 0 Å². The first kappa shape index (κ1) is 14.3. The van der Waals surface area contributed by atoms with Gasteiger partial charge in [0, 0.05) is 13.1 Å². The van der Waals surface area contributed by atoms with Crippen molar-refractivity contribution in [2.24, 2.45) is 5.92 Å². The molecule has 3 heteroatoms. The Morgan fingerprint density at radius 1 is 1.06 bits per heavy atom. The summed E-state index contributed by atoms with van der Waals surface area (Å²) >= 11 is 0. The maximum Gasteiger partial charge on any atom is 0.0667 e. The number of aliphatic hydroxyl groups is 1. The highest BCUT2D eigenvalue weighted by Gasteiger charge is 2.18. The van der Waals surface area contributed by atoms with Gasteiger partial charge in [0.2, 0.25) is 0 Å². The Morgan fingerprint density at radius 3 is 2.44 bits per heavy atom. The number of nitrogens with one attached hydrogen (secondary N) is 1. The van der Waals surface area contributed by atoms with Crippen molar-refractivity contribution < 1.29 is 9.84 Å². The molecule has 0 aromatic rings. The Hall–Kier alpha value is -0.120. The smallest absolute Gasteiger partial charge is 0.0667 e. The average molecular weight is 255 g/mol. The molecule has 2 aliphatic carbocycles. The zero-order chi connectivity index (χ0) is 12.6. The standard InChI is InChI=1S/C15H29NO2/c17-14(11-13-5-1-2-6-13)12-16-9-10-18-15-7-3-4-8-15/h13-17H,1-12H2. The molecule has 0 amide bonds. The lowest BCUT2D eigenvalue weighted by molar-refractivity contribution is 0.0578. The van der Waals surface area contributed by atoms with Gasteiger partial charge in [-0.15, -0.1) is 0 Å². The van der Waals surface area contributed by atoms with E-state index in [2.05, 4.69) is 5.32 Å². The van der Waals surface area contributed by atoms with Crippen LogP contribution in [0.1, 0.15) is 57.8 Å². The maximum atomic E-state index is 9.92. The molecule has 0 saturated heterocycles. The van der Waals surface area contributed by atoms with Gasteiger partial charge < -0.3 is 15.2 Å². The molecule has 2 rings (SSSR count). The van der Waals surface area contributed by atoms with E-state index >= 15 is 0 Å². The maximum absolute atomic E-state index is 9.92. The van der Waals surface area contributed by atoms with E-state index in [0.29, 0.717) is 6.10 Å². The first-order chi connectivity index (χ1) is 8.84. The average Bonchev–Trinajstić information content (AvgIpc) is 3.01. The number of aliphatic hydroxyl groups excluding tert-OH is 1. The first-order valence-corrected chi connectivity index (χ1v) is 7.85. The third-order valence-electron chi connectivity index (χ3n) is 4.39. The number of hydrogen-bond donors (Lipinski definition) is 2. The molecule has 106 valence electrons. The molecule has 0 spiro atoms. The van der Waals surface area contributed by atoms with Crippen LogP contribution in [0.15, 0.2) is 0 Å². The van der Waals surface area contributed by atoms with Gasteiger partial charge in [-0.1, -0.05) is 38.5 Å². The van der Waals surface area contributed by atoms with Gasteiger partial charge in [-0.3, -0.25) is 0 Å². The predicted molar refractivity (Wildman–Crippen MR) is 73.7 cm³/mol. The molecule has 18 heavy (non-hydrogen) atoms. The number of hydrogen-bond acceptors (Lipinski definition) is 3. The number of rotatable bonds is 8. The van der Waals surface area contributed by atoms with Crippen LogP contribution >= 0.6 is 0 Å². The zero-order valence-electron chi connectivity index (χ0n) is 11.6. The molecule has 2 N–H and O–H groups in total. The molecule has 0 bridgehead atoms. The second kappa shape index (κ2) is 8.13. The molecule has 0 aromatic carbocycles. The van der Waals surface area contributed by atoms with Gasteiger partial charge in [0.25, 0.3) is 0 Å². The van der Waals surface area contributed by atoms with Crippen molar-refractivity contribution in [2.75, 3.05) is 19.7 Å². The van der Waals surface area contributed by atoms with E-state index in [0.717, 1.165) is 32.0 Å². The van der Waals surface area contributed by atoms with Crippen molar-refractivity contribution in [1.82, 2.24) is 5.32 Å². The molecule has 1 atom stereocenters. The highest BCUT2D eigenvalue weighted by atomic mass is 16.5. The molecule has 0 aromatic heterocycles. The predicted octanol–water partition coefficient (Wildman–Crippen LogP) is 2.48. The molecular weight excluding hydrogens is 226 g/mol. The van der Waals surface area contributed by atoms with Gasteiger partial charge in [0.1, 0.15) is 0 Å². The minimum atomic E-state index is -0.167. The molecule has 0 radical (unpaired) electrons. The summed E-state index contributed by atoms with van der Waals surface area (Å²) in [6, 6.07) is 0. The fourth-order valence-corrected chi connectivity index (χ4v) is 3.34. The van der Waals surface area contributed by atoms with Gasteiger partial charge in [0.15, 0.2) is 0 Å². The molecule has 2 saturated carbocycles. The molecule has 1 unspecified atom stereocenters. The summed E-state index contributed by atoms with van der Waals surface area (Å²) in [6.45, 7) is 2.39. The second-order valence-electron chi connectivity index (χ2n) is 6.02. The largest absolute Gasteiger partial charge is 0.392 e. The third kappa shape index (κ3) is 5.25. The Morgan fingerprint density at radius 2 is 1.72 bits per heavy atom. The summed E-state index contributed by atoms with van der Waals surface area (Å²) in [4.78, 5) is 0. The van der Waals surface area contributed by atoms with Crippen LogP contribution in [0.2, 0.25) is 0 Å². The number of ether oxygens (including phenoxy) is 1. The molecule has 0 aliphatic heterocycles. The summed E-state index contributed by atoms with van der Waals surface area (Å²) in [5.74, 6) is 0.775.